The Bertz CT molecular complexity index is 775. The van der Waals surface area contributed by atoms with Gasteiger partial charge in [-0.25, -0.2) is 4.98 Å². The summed E-state index contributed by atoms with van der Waals surface area (Å²) in [7, 11) is 0. The molecule has 24 heavy (non-hydrogen) atoms. The summed E-state index contributed by atoms with van der Waals surface area (Å²) in [6.07, 6.45) is 6.35. The number of hydrogen-bond acceptors (Lipinski definition) is 5. The molecule has 0 atom stereocenters. The van der Waals surface area contributed by atoms with Crippen molar-refractivity contribution in [2.75, 3.05) is 19.7 Å². The van der Waals surface area contributed by atoms with Crippen molar-refractivity contribution >= 4 is 45.9 Å². The molecule has 0 N–H and O–H groups in total. The molecule has 1 fully saturated rings. The van der Waals surface area contributed by atoms with Crippen molar-refractivity contribution < 1.29 is 14.3 Å². The van der Waals surface area contributed by atoms with Gasteiger partial charge in [0.2, 0.25) is 5.91 Å². The van der Waals surface area contributed by atoms with E-state index in [-0.39, 0.29) is 17.8 Å². The highest BCUT2D eigenvalue weighted by atomic mass is 35.5. The number of piperidine rings is 1. The van der Waals surface area contributed by atoms with Crippen LogP contribution in [-0.2, 0) is 14.3 Å². The minimum atomic E-state index is -0.161. The number of aromatic nitrogens is 2. The van der Waals surface area contributed by atoms with Crippen molar-refractivity contribution in [1.82, 2.24) is 14.3 Å². The maximum Gasteiger partial charge on any atom is 0.309 e. The fraction of sp³-hybridized carbons (Fsp3) is 0.438. The van der Waals surface area contributed by atoms with Crippen LogP contribution >= 0.6 is 22.9 Å². The Morgan fingerprint density at radius 3 is 2.92 bits per heavy atom. The minimum absolute atomic E-state index is 0.0847. The van der Waals surface area contributed by atoms with Gasteiger partial charge in [-0.1, -0.05) is 11.6 Å². The SMILES string of the molecule is CCOC(=O)C1CCN(C(=O)C=Cc2c(Cl)nc3sccn23)CC1. The monoisotopic (exact) mass is 367 g/mol. The van der Waals surface area contributed by atoms with E-state index in [0.717, 1.165) is 4.96 Å². The van der Waals surface area contributed by atoms with Crippen molar-refractivity contribution in [3.8, 4) is 0 Å². The molecule has 0 saturated carbocycles. The van der Waals surface area contributed by atoms with E-state index in [1.807, 2.05) is 16.0 Å². The fourth-order valence-electron chi connectivity index (χ4n) is 2.78. The number of amides is 1. The Hall–Kier alpha value is -1.86. The van der Waals surface area contributed by atoms with Gasteiger partial charge in [0.05, 0.1) is 18.2 Å². The molecule has 1 aliphatic rings. The molecule has 8 heteroatoms. The van der Waals surface area contributed by atoms with E-state index in [4.69, 9.17) is 16.3 Å². The number of halogens is 1. The van der Waals surface area contributed by atoms with Crippen LogP contribution in [0.1, 0.15) is 25.5 Å². The summed E-state index contributed by atoms with van der Waals surface area (Å²) < 4.78 is 6.89. The Kier molecular flexibility index (Phi) is 5.20. The molecule has 0 bridgehead atoms. The van der Waals surface area contributed by atoms with Crippen molar-refractivity contribution in [3.05, 3.63) is 28.5 Å². The molecule has 0 radical (unpaired) electrons. The van der Waals surface area contributed by atoms with Gasteiger partial charge in [-0.15, -0.1) is 11.3 Å². The van der Waals surface area contributed by atoms with Crippen LogP contribution in [0.3, 0.4) is 0 Å². The Balaban J connectivity index is 1.61. The first-order valence-corrected chi connectivity index (χ1v) is 9.10. The van der Waals surface area contributed by atoms with Crippen LogP contribution in [0.2, 0.25) is 5.15 Å². The highest BCUT2D eigenvalue weighted by molar-refractivity contribution is 7.15. The zero-order chi connectivity index (χ0) is 17.1. The highest BCUT2D eigenvalue weighted by Crippen LogP contribution is 2.23. The van der Waals surface area contributed by atoms with E-state index in [0.29, 0.717) is 43.4 Å². The number of hydrogen-bond donors (Lipinski definition) is 0. The summed E-state index contributed by atoms with van der Waals surface area (Å²) in [4.78, 5) is 30.8. The van der Waals surface area contributed by atoms with E-state index in [2.05, 4.69) is 4.98 Å². The van der Waals surface area contributed by atoms with Gasteiger partial charge in [0.1, 0.15) is 0 Å². The second-order valence-electron chi connectivity index (χ2n) is 5.53. The van der Waals surface area contributed by atoms with Crippen LogP contribution in [0.15, 0.2) is 17.7 Å². The normalized spacial score (nSPS) is 16.2. The van der Waals surface area contributed by atoms with E-state index in [1.54, 1.807) is 17.9 Å². The molecule has 1 saturated heterocycles. The molecule has 6 nitrogen and oxygen atoms in total. The van der Waals surface area contributed by atoms with Gasteiger partial charge in [-0.3, -0.25) is 14.0 Å². The first-order valence-electron chi connectivity index (χ1n) is 7.84. The van der Waals surface area contributed by atoms with Gasteiger partial charge < -0.3 is 9.64 Å². The van der Waals surface area contributed by atoms with E-state index >= 15 is 0 Å². The van der Waals surface area contributed by atoms with E-state index in [9.17, 15) is 9.59 Å². The summed E-state index contributed by atoms with van der Waals surface area (Å²) in [5, 5.41) is 2.30. The topological polar surface area (TPSA) is 63.9 Å². The van der Waals surface area contributed by atoms with Gasteiger partial charge in [0, 0.05) is 30.7 Å². The summed E-state index contributed by atoms with van der Waals surface area (Å²) >= 11 is 7.59. The quantitative estimate of drug-likeness (QED) is 0.615. The predicted octanol–water partition coefficient (Wildman–Crippen LogP) is 2.86. The van der Waals surface area contributed by atoms with Gasteiger partial charge >= 0.3 is 5.97 Å². The second-order valence-corrected chi connectivity index (χ2v) is 6.76. The molecular formula is C16H18ClN3O3S. The van der Waals surface area contributed by atoms with Crippen LogP contribution in [0.4, 0.5) is 0 Å². The number of carbonyl (C=O) groups is 2. The summed E-state index contributed by atoms with van der Waals surface area (Å²) in [5.74, 6) is -0.350. The van der Waals surface area contributed by atoms with Gasteiger partial charge in [-0.05, 0) is 25.8 Å². The van der Waals surface area contributed by atoms with Gasteiger partial charge in [0.15, 0.2) is 10.1 Å². The number of rotatable bonds is 4. The number of nitrogens with zero attached hydrogens (tertiary/aromatic N) is 3. The van der Waals surface area contributed by atoms with Crippen molar-refractivity contribution in [3.63, 3.8) is 0 Å². The lowest BCUT2D eigenvalue weighted by molar-refractivity contribution is -0.150. The number of thiazole rings is 1. The zero-order valence-electron chi connectivity index (χ0n) is 13.3. The maximum atomic E-state index is 12.3. The summed E-state index contributed by atoms with van der Waals surface area (Å²) in [6.45, 7) is 3.30. The van der Waals surface area contributed by atoms with Crippen LogP contribution < -0.4 is 0 Å². The van der Waals surface area contributed by atoms with Crippen LogP contribution in [0, 0.1) is 5.92 Å². The Labute approximate surface area is 148 Å². The lowest BCUT2D eigenvalue weighted by Gasteiger charge is -2.30. The molecule has 0 unspecified atom stereocenters. The lowest BCUT2D eigenvalue weighted by Crippen LogP contribution is -2.39. The molecule has 1 aliphatic heterocycles. The Morgan fingerprint density at radius 2 is 2.21 bits per heavy atom. The number of ether oxygens (including phenoxy) is 1. The predicted molar refractivity (Wildman–Crippen MR) is 93.1 cm³/mol. The molecule has 0 spiro atoms. The lowest BCUT2D eigenvalue weighted by atomic mass is 9.97. The molecule has 0 aromatic carbocycles. The Morgan fingerprint density at radius 1 is 1.46 bits per heavy atom. The molecule has 128 valence electrons. The zero-order valence-corrected chi connectivity index (χ0v) is 14.8. The number of likely N-dealkylation sites (tertiary alicyclic amines) is 1. The molecule has 1 amide bonds. The third-order valence-electron chi connectivity index (χ3n) is 4.06. The molecule has 2 aromatic rings. The molecular weight excluding hydrogens is 350 g/mol. The first kappa shape index (κ1) is 17.0. The standard InChI is InChI=1S/C16H18ClN3O3S/c1-2-23-15(22)11-5-7-19(8-6-11)13(21)4-3-12-14(17)18-16-20(12)9-10-24-16/h3-4,9-11H,2,5-8H2,1H3. The average Bonchev–Trinajstić information content (AvgIpc) is 3.14. The summed E-state index contributed by atoms with van der Waals surface area (Å²) in [5.41, 5.74) is 0.697. The number of imidazole rings is 1. The third-order valence-corrected chi connectivity index (χ3v) is 5.10. The number of esters is 1. The fourth-order valence-corrected chi connectivity index (χ4v) is 3.78. The van der Waals surface area contributed by atoms with Gasteiger partial charge in [-0.2, -0.15) is 0 Å². The smallest absolute Gasteiger partial charge is 0.309 e. The van der Waals surface area contributed by atoms with Gasteiger partial charge in [0.25, 0.3) is 0 Å². The van der Waals surface area contributed by atoms with E-state index in [1.165, 1.54) is 17.4 Å². The summed E-state index contributed by atoms with van der Waals surface area (Å²) in [6, 6.07) is 0. The first-order chi connectivity index (χ1) is 11.6. The maximum absolute atomic E-state index is 12.3. The number of carbonyl (C=O) groups excluding carboxylic acids is 2. The van der Waals surface area contributed by atoms with Crippen molar-refractivity contribution in [2.24, 2.45) is 5.92 Å². The molecule has 2 aromatic heterocycles. The van der Waals surface area contributed by atoms with Crippen LogP contribution in [0.5, 0.6) is 0 Å². The van der Waals surface area contributed by atoms with Crippen LogP contribution in [-0.4, -0.2) is 45.9 Å². The van der Waals surface area contributed by atoms with Crippen molar-refractivity contribution in [1.29, 1.82) is 0 Å². The second kappa shape index (κ2) is 7.36. The molecule has 3 heterocycles. The van der Waals surface area contributed by atoms with Crippen molar-refractivity contribution in [2.45, 2.75) is 19.8 Å². The minimum Gasteiger partial charge on any atom is -0.466 e. The third kappa shape index (κ3) is 3.47. The number of fused-ring (bicyclic) bond motifs is 1. The molecule has 0 aliphatic carbocycles. The largest absolute Gasteiger partial charge is 0.466 e. The van der Waals surface area contributed by atoms with Crippen LogP contribution in [0.25, 0.3) is 11.0 Å². The molecule has 3 rings (SSSR count). The highest BCUT2D eigenvalue weighted by Gasteiger charge is 2.27. The average molecular weight is 368 g/mol. The van der Waals surface area contributed by atoms with E-state index < -0.39 is 0 Å².